The Hall–Kier alpha value is -3.49. The first-order valence-electron chi connectivity index (χ1n) is 11.5. The Morgan fingerprint density at radius 1 is 1.18 bits per heavy atom. The first-order valence-corrected chi connectivity index (χ1v) is 11.5. The molecule has 2 N–H and O–H groups in total. The van der Waals surface area contributed by atoms with E-state index in [0.717, 1.165) is 61.8 Å². The summed E-state index contributed by atoms with van der Waals surface area (Å²) in [5.74, 6) is 1.14. The van der Waals surface area contributed by atoms with Crippen molar-refractivity contribution >= 4 is 23.1 Å². The van der Waals surface area contributed by atoms with E-state index < -0.39 is 0 Å². The number of rotatable bonds is 10. The molecule has 1 saturated heterocycles. The molecule has 0 aliphatic carbocycles. The summed E-state index contributed by atoms with van der Waals surface area (Å²) in [7, 11) is 1.63. The Morgan fingerprint density at radius 2 is 2.03 bits per heavy atom. The smallest absolute Gasteiger partial charge is 0.252 e. The summed E-state index contributed by atoms with van der Waals surface area (Å²) >= 11 is 0. The molecule has 1 fully saturated rings. The second kappa shape index (κ2) is 11.6. The predicted molar refractivity (Wildman–Crippen MR) is 132 cm³/mol. The Labute approximate surface area is 199 Å². The molecule has 8 nitrogen and oxygen atoms in total. The highest BCUT2D eigenvalue weighted by Gasteiger charge is 2.14. The van der Waals surface area contributed by atoms with Crippen LogP contribution in [-0.2, 0) is 4.79 Å². The molecule has 0 atom stereocenters. The van der Waals surface area contributed by atoms with Crippen molar-refractivity contribution < 1.29 is 19.1 Å². The molecule has 0 bridgehead atoms. The van der Waals surface area contributed by atoms with Gasteiger partial charge in [-0.25, -0.2) is 0 Å². The minimum atomic E-state index is -0.309. The van der Waals surface area contributed by atoms with E-state index in [2.05, 4.69) is 20.5 Å². The zero-order valence-corrected chi connectivity index (χ0v) is 19.4. The summed E-state index contributed by atoms with van der Waals surface area (Å²) in [5, 5.41) is 6.69. The largest absolute Gasteiger partial charge is 0.497 e. The fourth-order valence-corrected chi connectivity index (χ4v) is 4.13. The Bertz CT molecular complexity index is 1140. The Kier molecular flexibility index (Phi) is 8.06. The highest BCUT2D eigenvalue weighted by Crippen LogP contribution is 2.35. The number of pyridine rings is 1. The summed E-state index contributed by atoms with van der Waals surface area (Å²) in [4.78, 5) is 30.1. The van der Waals surface area contributed by atoms with E-state index in [1.807, 2.05) is 36.4 Å². The van der Waals surface area contributed by atoms with Gasteiger partial charge in [-0.15, -0.1) is 0 Å². The number of fused-ring (bicyclic) bond motifs is 1. The fourth-order valence-electron chi connectivity index (χ4n) is 4.13. The van der Waals surface area contributed by atoms with Gasteiger partial charge >= 0.3 is 0 Å². The molecule has 1 aromatic heterocycles. The lowest BCUT2D eigenvalue weighted by atomic mass is 9.99. The van der Waals surface area contributed by atoms with Gasteiger partial charge in [0, 0.05) is 55.9 Å². The van der Waals surface area contributed by atoms with Crippen molar-refractivity contribution in [1.29, 1.82) is 0 Å². The molecule has 34 heavy (non-hydrogen) atoms. The van der Waals surface area contributed by atoms with Crippen LogP contribution in [0.25, 0.3) is 22.0 Å². The summed E-state index contributed by atoms with van der Waals surface area (Å²) in [5.41, 5.74) is 2.99. The van der Waals surface area contributed by atoms with Crippen LogP contribution in [0.2, 0.25) is 0 Å². The van der Waals surface area contributed by atoms with E-state index >= 15 is 0 Å². The minimum Gasteiger partial charge on any atom is -0.497 e. The van der Waals surface area contributed by atoms with Gasteiger partial charge in [-0.3, -0.25) is 9.78 Å². The normalized spacial score (nSPS) is 14.0. The Balaban J connectivity index is 1.58. The average Bonchev–Trinajstić information content (AvgIpc) is 2.89. The van der Waals surface area contributed by atoms with Crippen molar-refractivity contribution in [2.24, 2.45) is 0 Å². The molecule has 1 amide bonds. The van der Waals surface area contributed by atoms with E-state index in [1.165, 1.54) is 0 Å². The number of ether oxygens (including phenoxy) is 2. The standard InChI is InChI=1S/C26H30N4O4/c1-33-20-4-5-21(25(18-20)34-16-2-12-30-13-9-27-10-14-30)19-3-6-24-23(17-19)22(7-8-28-24)26(32)29-11-15-31/h3-8,15,17-18,27H,2,9-14,16H2,1H3,(H,29,32). The monoisotopic (exact) mass is 462 g/mol. The van der Waals surface area contributed by atoms with Crippen LogP contribution in [0.3, 0.4) is 0 Å². The quantitative estimate of drug-likeness (QED) is 0.353. The summed E-state index contributed by atoms with van der Waals surface area (Å²) in [6, 6.07) is 13.2. The van der Waals surface area contributed by atoms with E-state index in [9.17, 15) is 9.59 Å². The molecule has 4 rings (SSSR count). The van der Waals surface area contributed by atoms with Crippen molar-refractivity contribution in [3.63, 3.8) is 0 Å². The van der Waals surface area contributed by atoms with Crippen molar-refractivity contribution in [2.45, 2.75) is 6.42 Å². The third-order valence-electron chi connectivity index (χ3n) is 5.92. The number of piperazine rings is 1. The molecule has 0 saturated carbocycles. The van der Waals surface area contributed by atoms with Crippen molar-refractivity contribution in [2.75, 3.05) is 53.0 Å². The number of benzene rings is 2. The maximum Gasteiger partial charge on any atom is 0.252 e. The number of aromatic nitrogens is 1. The minimum absolute atomic E-state index is 0.0350. The van der Waals surface area contributed by atoms with Crippen LogP contribution < -0.4 is 20.1 Å². The van der Waals surface area contributed by atoms with Crippen LogP contribution in [0.1, 0.15) is 16.8 Å². The van der Waals surface area contributed by atoms with Crippen LogP contribution in [0.4, 0.5) is 0 Å². The van der Waals surface area contributed by atoms with Crippen LogP contribution in [-0.4, -0.2) is 75.1 Å². The van der Waals surface area contributed by atoms with E-state index in [4.69, 9.17) is 9.47 Å². The van der Waals surface area contributed by atoms with Crippen molar-refractivity contribution in [3.8, 4) is 22.6 Å². The first-order chi connectivity index (χ1) is 16.7. The van der Waals surface area contributed by atoms with Gasteiger partial charge in [0.15, 0.2) is 0 Å². The van der Waals surface area contributed by atoms with Gasteiger partial charge in [0.25, 0.3) is 5.91 Å². The van der Waals surface area contributed by atoms with Gasteiger partial charge in [0.1, 0.15) is 17.8 Å². The van der Waals surface area contributed by atoms with E-state index in [0.29, 0.717) is 29.4 Å². The maximum absolute atomic E-state index is 12.6. The molecule has 1 aliphatic rings. The molecule has 3 aromatic rings. The summed E-state index contributed by atoms with van der Waals surface area (Å²) in [6.07, 6.45) is 3.19. The van der Waals surface area contributed by atoms with Gasteiger partial charge in [0.2, 0.25) is 0 Å². The van der Waals surface area contributed by atoms with E-state index in [-0.39, 0.29) is 12.5 Å². The molecule has 0 unspecified atom stereocenters. The molecule has 1 aliphatic heterocycles. The zero-order valence-electron chi connectivity index (χ0n) is 19.4. The summed E-state index contributed by atoms with van der Waals surface area (Å²) < 4.78 is 11.6. The van der Waals surface area contributed by atoms with Crippen molar-refractivity contribution in [1.82, 2.24) is 20.5 Å². The van der Waals surface area contributed by atoms with Gasteiger partial charge in [-0.05, 0) is 42.3 Å². The summed E-state index contributed by atoms with van der Waals surface area (Å²) in [6.45, 7) is 5.77. The number of methoxy groups -OCH3 is 1. The molecule has 0 spiro atoms. The number of carbonyl (C=O) groups excluding carboxylic acids is 2. The van der Waals surface area contributed by atoms with Crippen LogP contribution in [0.5, 0.6) is 11.5 Å². The highest BCUT2D eigenvalue weighted by molar-refractivity contribution is 6.07. The number of amides is 1. The molecule has 8 heteroatoms. The average molecular weight is 463 g/mol. The molecule has 0 radical (unpaired) electrons. The third-order valence-corrected chi connectivity index (χ3v) is 5.92. The van der Waals surface area contributed by atoms with Gasteiger partial charge < -0.3 is 29.8 Å². The fraction of sp³-hybridized carbons (Fsp3) is 0.346. The first kappa shape index (κ1) is 23.7. The lowest BCUT2D eigenvalue weighted by Gasteiger charge is -2.27. The lowest BCUT2D eigenvalue weighted by molar-refractivity contribution is -0.107. The van der Waals surface area contributed by atoms with E-state index in [1.54, 1.807) is 19.4 Å². The zero-order chi connectivity index (χ0) is 23.8. The molecule has 178 valence electrons. The molecule has 2 heterocycles. The second-order valence-corrected chi connectivity index (χ2v) is 8.12. The number of nitrogens with zero attached hydrogens (tertiary/aromatic N) is 2. The molecule has 2 aromatic carbocycles. The van der Waals surface area contributed by atoms with Gasteiger partial charge in [0.05, 0.1) is 31.3 Å². The predicted octanol–water partition coefficient (Wildman–Crippen LogP) is 2.51. The third kappa shape index (κ3) is 5.70. The van der Waals surface area contributed by atoms with Crippen LogP contribution in [0.15, 0.2) is 48.7 Å². The number of hydrogen-bond acceptors (Lipinski definition) is 7. The van der Waals surface area contributed by atoms with Gasteiger partial charge in [-0.2, -0.15) is 0 Å². The van der Waals surface area contributed by atoms with Crippen molar-refractivity contribution in [3.05, 3.63) is 54.2 Å². The molecular weight excluding hydrogens is 432 g/mol. The Morgan fingerprint density at radius 3 is 2.82 bits per heavy atom. The number of carbonyl (C=O) groups is 2. The maximum atomic E-state index is 12.6. The number of nitrogens with one attached hydrogen (secondary N) is 2. The molecular formula is C26H30N4O4. The topological polar surface area (TPSA) is 92.8 Å². The van der Waals surface area contributed by atoms with Crippen LogP contribution >= 0.6 is 0 Å². The van der Waals surface area contributed by atoms with Gasteiger partial charge in [-0.1, -0.05) is 6.07 Å². The highest BCUT2D eigenvalue weighted by atomic mass is 16.5. The number of hydrogen-bond donors (Lipinski definition) is 2. The number of aldehydes is 1. The second-order valence-electron chi connectivity index (χ2n) is 8.12. The SMILES string of the molecule is COc1ccc(-c2ccc3nccc(C(=O)NCC=O)c3c2)c(OCCCN2CCNCC2)c1. The lowest BCUT2D eigenvalue weighted by Crippen LogP contribution is -2.43. The van der Waals surface area contributed by atoms with Crippen LogP contribution in [0, 0.1) is 0 Å².